The topological polar surface area (TPSA) is 121 Å². The van der Waals surface area contributed by atoms with Crippen LogP contribution >= 0.6 is 0 Å². The number of methoxy groups -OCH3 is 2. The molecule has 0 saturated carbocycles. The van der Waals surface area contributed by atoms with E-state index in [0.29, 0.717) is 69.8 Å². The molecule has 5 rings (SSSR count). The van der Waals surface area contributed by atoms with E-state index in [0.717, 1.165) is 11.1 Å². The Morgan fingerprint density at radius 2 is 1.89 bits per heavy atom. The molecule has 2 aromatic carbocycles. The smallest absolute Gasteiger partial charge is 0.228 e. The van der Waals surface area contributed by atoms with Gasteiger partial charge in [0.25, 0.3) is 0 Å². The maximum absolute atomic E-state index is 12.2. The van der Waals surface area contributed by atoms with Crippen LogP contribution < -0.4 is 20.1 Å². The maximum atomic E-state index is 12.2. The molecule has 0 aliphatic carbocycles. The van der Waals surface area contributed by atoms with Crippen molar-refractivity contribution in [2.24, 2.45) is 0 Å². The van der Waals surface area contributed by atoms with Crippen molar-refractivity contribution >= 4 is 32.5 Å². The second-order valence-electron chi connectivity index (χ2n) is 8.34. The first-order valence-electron chi connectivity index (χ1n) is 11.0. The normalized spacial score (nSPS) is 13.5. The summed E-state index contributed by atoms with van der Waals surface area (Å²) in [6.45, 7) is 1.04. The van der Waals surface area contributed by atoms with Crippen molar-refractivity contribution in [3.63, 3.8) is 0 Å². The van der Waals surface area contributed by atoms with Gasteiger partial charge < -0.3 is 20.1 Å². The lowest BCUT2D eigenvalue weighted by Crippen LogP contribution is -2.32. The Morgan fingerprint density at radius 3 is 2.57 bits per heavy atom. The summed E-state index contributed by atoms with van der Waals surface area (Å²) >= 11 is 0. The highest BCUT2D eigenvalue weighted by Crippen LogP contribution is 2.44. The Labute approximate surface area is 203 Å². The van der Waals surface area contributed by atoms with E-state index in [9.17, 15) is 8.42 Å². The molecule has 0 amide bonds. The van der Waals surface area contributed by atoms with Crippen molar-refractivity contribution in [3.05, 3.63) is 59.8 Å². The molecule has 2 N–H and O–H groups in total. The van der Waals surface area contributed by atoms with Crippen LogP contribution in [0.3, 0.4) is 0 Å². The predicted molar refractivity (Wildman–Crippen MR) is 135 cm³/mol. The minimum Gasteiger partial charge on any atom is -0.493 e. The highest BCUT2D eigenvalue weighted by Gasteiger charge is 2.26. The van der Waals surface area contributed by atoms with Gasteiger partial charge in [-0.1, -0.05) is 18.2 Å². The van der Waals surface area contributed by atoms with Gasteiger partial charge in [0.05, 0.1) is 41.3 Å². The Hall–Kier alpha value is -3.92. The van der Waals surface area contributed by atoms with Crippen molar-refractivity contribution in [1.82, 2.24) is 15.0 Å². The Kier molecular flexibility index (Phi) is 5.68. The molecule has 10 heteroatoms. The summed E-state index contributed by atoms with van der Waals surface area (Å²) in [6.07, 6.45) is 3.50. The Bertz CT molecular complexity index is 1540. The van der Waals surface area contributed by atoms with E-state index >= 15 is 0 Å². The van der Waals surface area contributed by atoms with Crippen LogP contribution in [0.2, 0.25) is 0 Å². The lowest BCUT2D eigenvalue weighted by atomic mass is 10.00. The zero-order chi connectivity index (χ0) is 24.7. The molecule has 1 aliphatic rings. The number of aromatic nitrogens is 3. The van der Waals surface area contributed by atoms with Crippen LogP contribution in [0.4, 0.5) is 11.8 Å². The monoisotopic (exact) mass is 491 g/mol. The fourth-order valence-electron chi connectivity index (χ4n) is 4.61. The van der Waals surface area contributed by atoms with Crippen LogP contribution in [-0.4, -0.2) is 50.4 Å². The number of benzene rings is 2. The van der Waals surface area contributed by atoms with Gasteiger partial charge in [-0.05, 0) is 35.7 Å². The summed E-state index contributed by atoms with van der Waals surface area (Å²) in [5, 5.41) is 0.627. The van der Waals surface area contributed by atoms with Crippen LogP contribution in [0.1, 0.15) is 11.1 Å². The molecule has 0 spiro atoms. The molecule has 0 bridgehead atoms. The molecule has 3 heterocycles. The lowest BCUT2D eigenvalue weighted by molar-refractivity contribution is 0.357. The minimum absolute atomic E-state index is 0.294. The molecule has 0 atom stereocenters. The molecule has 4 aromatic rings. The number of nitrogens with two attached hydrogens (primary N) is 1. The van der Waals surface area contributed by atoms with Gasteiger partial charge in [-0.15, -0.1) is 0 Å². The first-order chi connectivity index (χ1) is 16.8. The molecular formula is C25H25N5O4S. The molecule has 35 heavy (non-hydrogen) atoms. The van der Waals surface area contributed by atoms with Gasteiger partial charge in [-0.3, -0.25) is 4.98 Å². The minimum atomic E-state index is -3.31. The fraction of sp³-hybridized carbons (Fsp3) is 0.240. The number of nitrogen functional groups attached to an aromatic ring is 1. The summed E-state index contributed by atoms with van der Waals surface area (Å²) in [5.41, 5.74) is 10.2. The van der Waals surface area contributed by atoms with Crippen molar-refractivity contribution in [1.29, 1.82) is 0 Å². The third kappa shape index (κ3) is 3.99. The largest absolute Gasteiger partial charge is 0.493 e. The van der Waals surface area contributed by atoms with Gasteiger partial charge in [-0.25, -0.2) is 13.4 Å². The quantitative estimate of drug-likeness (QED) is 0.448. The second-order valence-corrected chi connectivity index (χ2v) is 10.3. The highest BCUT2D eigenvalue weighted by molar-refractivity contribution is 7.90. The van der Waals surface area contributed by atoms with Crippen LogP contribution in [0.25, 0.3) is 22.2 Å². The number of sulfone groups is 1. The zero-order valence-electron chi connectivity index (χ0n) is 19.6. The zero-order valence-corrected chi connectivity index (χ0v) is 20.5. The summed E-state index contributed by atoms with van der Waals surface area (Å²) in [5.74, 6) is 1.76. The average molecular weight is 492 g/mol. The first-order valence-corrected chi connectivity index (χ1v) is 12.9. The highest BCUT2D eigenvalue weighted by atomic mass is 32.2. The molecule has 2 aromatic heterocycles. The van der Waals surface area contributed by atoms with Gasteiger partial charge in [0, 0.05) is 31.6 Å². The average Bonchev–Trinajstić information content (AvgIpc) is 2.86. The maximum Gasteiger partial charge on any atom is 0.228 e. The van der Waals surface area contributed by atoms with E-state index in [1.165, 1.54) is 6.26 Å². The summed E-state index contributed by atoms with van der Waals surface area (Å²) in [6, 6.07) is 12.7. The van der Waals surface area contributed by atoms with Gasteiger partial charge in [0.1, 0.15) is 5.82 Å². The third-order valence-corrected chi connectivity index (χ3v) is 7.35. The van der Waals surface area contributed by atoms with Crippen molar-refractivity contribution in [3.8, 4) is 22.8 Å². The van der Waals surface area contributed by atoms with Crippen LogP contribution in [0, 0.1) is 0 Å². The standard InChI is InChI=1S/C25H25N5O4S/c1-33-19-13-18-22(21(23(19)34-2)17-8-4-5-11-27-17)24(26)29-25(28-18)30-12-10-16-15(14-30)7-6-9-20(16)35(3,31)32/h4-9,11,13H,10,12,14H2,1-3H3,(H2,26,28,29). The van der Waals surface area contributed by atoms with Crippen molar-refractivity contribution < 1.29 is 17.9 Å². The summed E-state index contributed by atoms with van der Waals surface area (Å²) in [4.78, 5) is 16.3. The van der Waals surface area contributed by atoms with E-state index in [-0.39, 0.29) is 0 Å². The van der Waals surface area contributed by atoms with Gasteiger partial charge >= 0.3 is 0 Å². The van der Waals surface area contributed by atoms with E-state index in [4.69, 9.17) is 20.2 Å². The third-order valence-electron chi connectivity index (χ3n) is 6.17. The summed E-state index contributed by atoms with van der Waals surface area (Å²) in [7, 11) is -0.174. The number of anilines is 2. The number of fused-ring (bicyclic) bond motifs is 2. The fourth-order valence-corrected chi connectivity index (χ4v) is 5.62. The number of rotatable bonds is 5. The van der Waals surface area contributed by atoms with Crippen molar-refractivity contribution in [2.75, 3.05) is 37.7 Å². The SMILES string of the molecule is COc1cc2nc(N3CCc4c(cccc4S(C)(=O)=O)C3)nc(N)c2c(-c2ccccn2)c1OC. The predicted octanol–water partition coefficient (Wildman–Crippen LogP) is 3.26. The summed E-state index contributed by atoms with van der Waals surface area (Å²) < 4.78 is 35.7. The molecule has 0 saturated heterocycles. The Morgan fingerprint density at radius 1 is 1.06 bits per heavy atom. The number of hydrogen-bond acceptors (Lipinski definition) is 9. The second kappa shape index (κ2) is 8.70. The molecular weight excluding hydrogens is 466 g/mol. The lowest BCUT2D eigenvalue weighted by Gasteiger charge is -2.30. The molecule has 0 radical (unpaired) electrons. The van der Waals surface area contributed by atoms with Crippen molar-refractivity contribution in [2.45, 2.75) is 17.9 Å². The molecule has 0 unspecified atom stereocenters. The number of hydrogen-bond donors (Lipinski definition) is 1. The van der Waals surface area contributed by atoms with Crippen LogP contribution in [0.15, 0.2) is 53.6 Å². The van der Waals surface area contributed by atoms with E-state index in [2.05, 4.69) is 9.97 Å². The molecule has 9 nitrogen and oxygen atoms in total. The van der Waals surface area contributed by atoms with Gasteiger partial charge in [0.15, 0.2) is 21.3 Å². The molecule has 1 aliphatic heterocycles. The van der Waals surface area contributed by atoms with Gasteiger partial charge in [0.2, 0.25) is 5.95 Å². The van der Waals surface area contributed by atoms with Crippen LogP contribution in [0.5, 0.6) is 11.5 Å². The van der Waals surface area contributed by atoms with Gasteiger partial charge in [-0.2, -0.15) is 4.98 Å². The van der Waals surface area contributed by atoms with E-state index in [1.54, 1.807) is 38.6 Å². The van der Waals surface area contributed by atoms with E-state index < -0.39 is 9.84 Å². The number of pyridine rings is 1. The number of nitrogens with zero attached hydrogens (tertiary/aromatic N) is 4. The van der Waals surface area contributed by atoms with Crippen LogP contribution in [-0.2, 0) is 22.8 Å². The Balaban J connectivity index is 1.64. The first kappa shape index (κ1) is 22.9. The molecule has 180 valence electrons. The molecule has 0 fully saturated rings. The van der Waals surface area contributed by atoms with E-state index in [1.807, 2.05) is 29.2 Å². The number of ether oxygens (including phenoxy) is 2.